The average molecular weight is 562 g/mol. The third kappa shape index (κ3) is 5.97. The molecule has 1 atom stereocenters. The Kier molecular flexibility index (Phi) is 8.49. The summed E-state index contributed by atoms with van der Waals surface area (Å²) in [4.78, 5) is 41.2. The minimum Gasteiger partial charge on any atom is -0.507 e. The summed E-state index contributed by atoms with van der Waals surface area (Å²) in [6.07, 6.45) is -0.112. The van der Waals surface area contributed by atoms with Crippen molar-refractivity contribution in [3.8, 4) is 5.75 Å². The van der Waals surface area contributed by atoms with E-state index in [0.29, 0.717) is 23.6 Å². The number of rotatable bonds is 8. The third-order valence-electron chi connectivity index (χ3n) is 6.55. The summed E-state index contributed by atoms with van der Waals surface area (Å²) >= 11 is 1.40. The summed E-state index contributed by atoms with van der Waals surface area (Å²) in [5.74, 6) is -1.35. The number of carbonyl (C=O) groups excluding carboxylic acids is 3. The summed E-state index contributed by atoms with van der Waals surface area (Å²) < 4.78 is 11.0. The summed E-state index contributed by atoms with van der Waals surface area (Å²) in [6, 6.07) is 15.1. The van der Waals surface area contributed by atoms with Crippen molar-refractivity contribution in [2.75, 3.05) is 11.5 Å². The lowest BCUT2D eigenvalue weighted by Crippen LogP contribution is -2.29. The predicted molar refractivity (Wildman–Crippen MR) is 157 cm³/mol. The highest BCUT2D eigenvalue weighted by molar-refractivity contribution is 7.10. The Morgan fingerprint density at radius 3 is 2.35 bits per heavy atom. The molecule has 8 heteroatoms. The van der Waals surface area contributed by atoms with Gasteiger partial charge in [0.05, 0.1) is 24.7 Å². The highest BCUT2D eigenvalue weighted by Crippen LogP contribution is 2.44. The first-order valence-corrected chi connectivity index (χ1v) is 14.2. The van der Waals surface area contributed by atoms with E-state index < -0.39 is 17.7 Å². The van der Waals surface area contributed by atoms with Crippen molar-refractivity contribution in [1.29, 1.82) is 0 Å². The first kappa shape index (κ1) is 29.1. The van der Waals surface area contributed by atoms with E-state index >= 15 is 0 Å². The van der Waals surface area contributed by atoms with E-state index in [1.807, 2.05) is 51.3 Å². The van der Waals surface area contributed by atoms with Crippen molar-refractivity contribution in [3.63, 3.8) is 0 Å². The molecule has 2 aromatic carbocycles. The Hall–Kier alpha value is -3.91. The summed E-state index contributed by atoms with van der Waals surface area (Å²) in [5, 5.41) is 13.4. The smallest absolute Gasteiger partial charge is 0.310 e. The molecule has 7 nitrogen and oxygen atoms in total. The minimum atomic E-state index is -0.804. The zero-order valence-electron chi connectivity index (χ0n) is 23.7. The van der Waals surface area contributed by atoms with Gasteiger partial charge in [-0.25, -0.2) is 0 Å². The standard InChI is InChI=1S/C32H35NO6S/c1-7-38-24-15-12-21(18-23(24)32(4,5)6)29(35)27-28(25-9-8-16-40-25)33(31(37)30(27)36)22-13-10-20(11-14-22)17-26(34)39-19(2)3/h8-16,18-19,28,35H,7,17H2,1-6H3/b29-27-. The highest BCUT2D eigenvalue weighted by Gasteiger charge is 2.47. The summed E-state index contributed by atoms with van der Waals surface area (Å²) in [6.45, 7) is 12.1. The molecule has 1 fully saturated rings. The molecule has 4 rings (SSSR count). The molecule has 3 aromatic rings. The fourth-order valence-corrected chi connectivity index (χ4v) is 5.58. The van der Waals surface area contributed by atoms with Crippen LogP contribution in [0.1, 0.15) is 69.2 Å². The molecule has 0 radical (unpaired) electrons. The number of carbonyl (C=O) groups is 3. The van der Waals surface area contributed by atoms with Crippen LogP contribution in [-0.2, 0) is 31.0 Å². The first-order valence-electron chi connectivity index (χ1n) is 13.3. The number of aliphatic hydroxyl groups is 1. The Balaban J connectivity index is 1.78. The van der Waals surface area contributed by atoms with Crippen LogP contribution in [0.4, 0.5) is 5.69 Å². The van der Waals surface area contributed by atoms with Crippen LogP contribution >= 0.6 is 11.3 Å². The first-order chi connectivity index (χ1) is 18.9. The van der Waals surface area contributed by atoms with E-state index in [-0.39, 0.29) is 35.2 Å². The van der Waals surface area contributed by atoms with E-state index in [1.165, 1.54) is 16.2 Å². The van der Waals surface area contributed by atoms with Gasteiger partial charge in [-0.15, -0.1) is 11.3 Å². The molecule has 1 aromatic heterocycles. The van der Waals surface area contributed by atoms with Crippen molar-refractivity contribution in [3.05, 3.63) is 87.1 Å². The van der Waals surface area contributed by atoms with Crippen molar-refractivity contribution in [2.45, 2.75) is 65.5 Å². The van der Waals surface area contributed by atoms with Crippen molar-refractivity contribution in [2.24, 2.45) is 0 Å². The number of esters is 1. The molecule has 1 amide bonds. The molecular weight excluding hydrogens is 526 g/mol. The number of hydrogen-bond donors (Lipinski definition) is 1. The Bertz CT molecular complexity index is 1430. The van der Waals surface area contributed by atoms with Gasteiger partial charge in [0.1, 0.15) is 17.6 Å². The topological polar surface area (TPSA) is 93.1 Å². The maximum atomic E-state index is 13.5. The second-order valence-corrected chi connectivity index (χ2v) is 11.9. The number of amides is 1. The molecule has 1 aliphatic heterocycles. The molecule has 1 aliphatic rings. The maximum Gasteiger partial charge on any atom is 0.310 e. The molecule has 40 heavy (non-hydrogen) atoms. The molecule has 210 valence electrons. The second kappa shape index (κ2) is 11.7. The van der Waals surface area contributed by atoms with Crippen LogP contribution in [0.2, 0.25) is 0 Å². The summed E-state index contributed by atoms with van der Waals surface area (Å²) in [5.41, 5.74) is 2.27. The number of thiophene rings is 1. The average Bonchev–Trinajstić information content (AvgIpc) is 3.50. The van der Waals surface area contributed by atoms with Crippen LogP contribution in [0.3, 0.4) is 0 Å². The van der Waals surface area contributed by atoms with Gasteiger partial charge in [-0.05, 0) is 73.5 Å². The van der Waals surface area contributed by atoms with Gasteiger partial charge >= 0.3 is 5.97 Å². The quantitative estimate of drug-likeness (QED) is 0.145. The van der Waals surface area contributed by atoms with Crippen LogP contribution in [0.15, 0.2) is 65.6 Å². The van der Waals surface area contributed by atoms with Crippen LogP contribution in [-0.4, -0.2) is 35.5 Å². The van der Waals surface area contributed by atoms with Crippen molar-refractivity contribution < 1.29 is 29.0 Å². The molecule has 0 aliphatic carbocycles. The number of hydrogen-bond acceptors (Lipinski definition) is 7. The SMILES string of the molecule is CCOc1ccc(/C(O)=C2/C(=O)C(=O)N(c3ccc(CC(=O)OC(C)C)cc3)C2c2cccs2)cc1C(C)(C)C. The number of ketones is 1. The van der Waals surface area contributed by atoms with E-state index in [4.69, 9.17) is 9.47 Å². The van der Waals surface area contributed by atoms with E-state index in [2.05, 4.69) is 0 Å². The largest absolute Gasteiger partial charge is 0.507 e. The van der Waals surface area contributed by atoms with Gasteiger partial charge in [0, 0.05) is 21.7 Å². The van der Waals surface area contributed by atoms with Gasteiger partial charge in [0.15, 0.2) is 0 Å². The molecule has 0 spiro atoms. The second-order valence-electron chi connectivity index (χ2n) is 11.0. The fraction of sp³-hybridized carbons (Fsp3) is 0.344. The number of benzene rings is 2. The van der Waals surface area contributed by atoms with Gasteiger partial charge in [-0.2, -0.15) is 0 Å². The Morgan fingerprint density at radius 2 is 1.77 bits per heavy atom. The van der Waals surface area contributed by atoms with E-state index in [0.717, 1.165) is 16.0 Å². The molecule has 1 N–H and O–H groups in total. The molecule has 0 saturated carbocycles. The Morgan fingerprint density at radius 1 is 1.07 bits per heavy atom. The summed E-state index contributed by atoms with van der Waals surface area (Å²) in [7, 11) is 0. The molecule has 1 saturated heterocycles. The highest BCUT2D eigenvalue weighted by atomic mass is 32.1. The van der Waals surface area contributed by atoms with Crippen molar-refractivity contribution in [1.82, 2.24) is 0 Å². The molecule has 2 heterocycles. The van der Waals surface area contributed by atoms with Crippen LogP contribution in [0, 0.1) is 0 Å². The van der Waals surface area contributed by atoms with Gasteiger partial charge in [0.25, 0.3) is 11.7 Å². The minimum absolute atomic E-state index is 0.0288. The maximum absolute atomic E-state index is 13.5. The number of Topliss-reactive ketones (excluding diaryl/α,β-unsaturated/α-hetero) is 1. The van der Waals surface area contributed by atoms with E-state index in [9.17, 15) is 19.5 Å². The normalized spacial score (nSPS) is 17.0. The molecule has 0 bridgehead atoms. The molecular formula is C32H35NO6S. The van der Waals surface area contributed by atoms with Crippen molar-refractivity contribution >= 4 is 40.4 Å². The molecule has 1 unspecified atom stereocenters. The van der Waals surface area contributed by atoms with Gasteiger partial charge in [-0.3, -0.25) is 19.3 Å². The monoisotopic (exact) mass is 561 g/mol. The number of ether oxygens (including phenoxy) is 2. The van der Waals surface area contributed by atoms with E-state index in [1.54, 1.807) is 50.2 Å². The lowest BCUT2D eigenvalue weighted by Gasteiger charge is -2.25. The third-order valence-corrected chi connectivity index (χ3v) is 7.47. The number of nitrogens with zero attached hydrogens (tertiary/aromatic N) is 1. The number of aliphatic hydroxyl groups excluding tert-OH is 1. The van der Waals surface area contributed by atoms with Crippen LogP contribution in [0.5, 0.6) is 5.75 Å². The lowest BCUT2D eigenvalue weighted by molar-refractivity contribution is -0.146. The van der Waals surface area contributed by atoms with Crippen LogP contribution in [0.25, 0.3) is 5.76 Å². The zero-order chi connectivity index (χ0) is 29.2. The van der Waals surface area contributed by atoms with Gasteiger partial charge < -0.3 is 14.6 Å². The van der Waals surface area contributed by atoms with Gasteiger partial charge in [0.2, 0.25) is 0 Å². The zero-order valence-corrected chi connectivity index (χ0v) is 24.5. The fourth-order valence-electron chi connectivity index (χ4n) is 4.76. The lowest BCUT2D eigenvalue weighted by atomic mass is 9.84. The Labute approximate surface area is 239 Å². The number of anilines is 1. The van der Waals surface area contributed by atoms with Gasteiger partial charge in [-0.1, -0.05) is 39.0 Å². The van der Waals surface area contributed by atoms with Crippen LogP contribution < -0.4 is 9.64 Å². The predicted octanol–water partition coefficient (Wildman–Crippen LogP) is 6.56.